The summed E-state index contributed by atoms with van der Waals surface area (Å²) in [4.78, 5) is 14.0. The fourth-order valence-electron chi connectivity index (χ4n) is 1.53. The maximum absolute atomic E-state index is 12.0. The number of hydrogen-bond donors (Lipinski definition) is 1. The van der Waals surface area contributed by atoms with Gasteiger partial charge in [0.2, 0.25) is 0 Å². The Morgan fingerprint density at radius 2 is 2.11 bits per heavy atom. The smallest absolute Gasteiger partial charge is 0.261 e. The van der Waals surface area contributed by atoms with Gasteiger partial charge in [-0.05, 0) is 32.6 Å². The zero-order valence-electron chi connectivity index (χ0n) is 11.6. The minimum absolute atomic E-state index is 0.107. The summed E-state index contributed by atoms with van der Waals surface area (Å²) in [5, 5.41) is 3.37. The Morgan fingerprint density at radius 1 is 1.42 bits per heavy atom. The molecule has 1 amide bonds. The number of ether oxygens (including phenoxy) is 1. The van der Waals surface area contributed by atoms with Crippen molar-refractivity contribution >= 4 is 17.5 Å². The van der Waals surface area contributed by atoms with Gasteiger partial charge in [0.25, 0.3) is 5.91 Å². The minimum Gasteiger partial charge on any atom is -0.479 e. The molecular formula is C14H21ClN2O2. The Morgan fingerprint density at radius 3 is 2.68 bits per heavy atom. The van der Waals surface area contributed by atoms with Crippen LogP contribution in [-0.4, -0.2) is 44.1 Å². The fourth-order valence-corrected chi connectivity index (χ4v) is 1.71. The van der Waals surface area contributed by atoms with Crippen LogP contribution >= 0.6 is 11.6 Å². The predicted molar refractivity (Wildman–Crippen MR) is 77.7 cm³/mol. The lowest BCUT2D eigenvalue weighted by molar-refractivity contribution is -0.128. The van der Waals surface area contributed by atoms with E-state index in [0.717, 1.165) is 6.54 Å². The third kappa shape index (κ3) is 5.49. The molecule has 0 spiro atoms. The van der Waals surface area contributed by atoms with E-state index in [1.54, 1.807) is 12.1 Å². The standard InChI is InChI=1S/C14H21ClN2O2/c1-4-12(14(18)16-9-10-17(2)3)19-13-8-6-5-7-11(13)15/h5-8,12H,4,9-10H2,1-3H3,(H,16,18)/t12-/m1/s1. The van der Waals surface area contributed by atoms with E-state index in [1.807, 2.05) is 38.1 Å². The van der Waals surface area contributed by atoms with Crippen molar-refractivity contribution in [1.82, 2.24) is 10.2 Å². The third-order valence-electron chi connectivity index (χ3n) is 2.63. The van der Waals surface area contributed by atoms with Crippen molar-refractivity contribution in [3.8, 4) is 5.75 Å². The quantitative estimate of drug-likeness (QED) is 0.834. The average molecular weight is 285 g/mol. The largest absolute Gasteiger partial charge is 0.479 e. The van der Waals surface area contributed by atoms with E-state index in [9.17, 15) is 4.79 Å². The van der Waals surface area contributed by atoms with Crippen molar-refractivity contribution in [3.05, 3.63) is 29.3 Å². The molecule has 0 radical (unpaired) electrons. The lowest BCUT2D eigenvalue weighted by atomic mass is 10.2. The Bertz CT molecular complexity index is 410. The third-order valence-corrected chi connectivity index (χ3v) is 2.94. The number of hydrogen-bond acceptors (Lipinski definition) is 3. The topological polar surface area (TPSA) is 41.6 Å². The summed E-state index contributed by atoms with van der Waals surface area (Å²) >= 11 is 6.01. The highest BCUT2D eigenvalue weighted by molar-refractivity contribution is 6.32. The number of nitrogens with zero attached hydrogens (tertiary/aromatic N) is 1. The minimum atomic E-state index is -0.512. The van der Waals surface area contributed by atoms with Gasteiger partial charge in [-0.25, -0.2) is 0 Å². The summed E-state index contributed by atoms with van der Waals surface area (Å²) in [5.41, 5.74) is 0. The summed E-state index contributed by atoms with van der Waals surface area (Å²) in [6.45, 7) is 3.31. The van der Waals surface area contributed by atoms with E-state index in [2.05, 4.69) is 5.32 Å². The predicted octanol–water partition coefficient (Wildman–Crippen LogP) is 2.18. The Hall–Kier alpha value is -1.26. The van der Waals surface area contributed by atoms with Crippen molar-refractivity contribution in [1.29, 1.82) is 0 Å². The average Bonchev–Trinajstić information content (AvgIpc) is 2.37. The molecule has 106 valence electrons. The second-order valence-electron chi connectivity index (χ2n) is 4.54. The fraction of sp³-hybridized carbons (Fsp3) is 0.500. The number of nitrogens with one attached hydrogen (secondary N) is 1. The Balaban J connectivity index is 2.53. The summed E-state index contributed by atoms with van der Waals surface area (Å²) in [7, 11) is 3.92. The maximum Gasteiger partial charge on any atom is 0.261 e. The van der Waals surface area contributed by atoms with Crippen molar-refractivity contribution in [3.63, 3.8) is 0 Å². The summed E-state index contributed by atoms with van der Waals surface area (Å²) in [6, 6.07) is 7.16. The van der Waals surface area contributed by atoms with Crippen molar-refractivity contribution in [2.75, 3.05) is 27.2 Å². The van der Waals surface area contributed by atoms with Crippen LogP contribution in [0.25, 0.3) is 0 Å². The molecule has 0 aliphatic rings. The first-order valence-electron chi connectivity index (χ1n) is 6.38. The Kier molecular flexibility index (Phi) is 6.67. The van der Waals surface area contributed by atoms with Crippen LogP contribution in [0.1, 0.15) is 13.3 Å². The van der Waals surface area contributed by atoms with Crippen LogP contribution in [-0.2, 0) is 4.79 Å². The van der Waals surface area contributed by atoms with Crippen LogP contribution in [0.4, 0.5) is 0 Å². The second kappa shape index (κ2) is 8.02. The number of rotatable bonds is 7. The second-order valence-corrected chi connectivity index (χ2v) is 4.95. The SMILES string of the molecule is CC[C@@H](Oc1ccccc1Cl)C(=O)NCCN(C)C. The number of benzene rings is 1. The first-order chi connectivity index (χ1) is 9.04. The molecule has 5 heteroatoms. The molecule has 0 aromatic heterocycles. The molecule has 4 nitrogen and oxygen atoms in total. The normalized spacial score (nSPS) is 12.3. The lowest BCUT2D eigenvalue weighted by Gasteiger charge is -2.18. The molecule has 0 fully saturated rings. The van der Waals surface area contributed by atoms with Gasteiger partial charge in [-0.1, -0.05) is 30.7 Å². The molecular weight excluding hydrogens is 264 g/mol. The number of likely N-dealkylation sites (N-methyl/N-ethyl adjacent to an activating group) is 1. The van der Waals surface area contributed by atoms with Gasteiger partial charge in [-0.2, -0.15) is 0 Å². The summed E-state index contributed by atoms with van der Waals surface area (Å²) in [5.74, 6) is 0.433. The van der Waals surface area contributed by atoms with Gasteiger partial charge in [0.05, 0.1) is 5.02 Å². The van der Waals surface area contributed by atoms with Crippen LogP contribution in [0.5, 0.6) is 5.75 Å². The van der Waals surface area contributed by atoms with Crippen LogP contribution in [0.2, 0.25) is 5.02 Å². The number of amides is 1. The highest BCUT2D eigenvalue weighted by atomic mass is 35.5. The van der Waals surface area contributed by atoms with E-state index >= 15 is 0 Å². The summed E-state index contributed by atoms with van der Waals surface area (Å²) in [6.07, 6.45) is 0.0843. The van der Waals surface area contributed by atoms with E-state index in [-0.39, 0.29) is 5.91 Å². The van der Waals surface area contributed by atoms with E-state index in [0.29, 0.717) is 23.7 Å². The first kappa shape index (κ1) is 15.8. The van der Waals surface area contributed by atoms with Gasteiger partial charge in [-0.15, -0.1) is 0 Å². The molecule has 0 aliphatic carbocycles. The molecule has 1 atom stereocenters. The van der Waals surface area contributed by atoms with Crippen LogP contribution < -0.4 is 10.1 Å². The molecule has 0 saturated carbocycles. The molecule has 0 bridgehead atoms. The molecule has 0 heterocycles. The highest BCUT2D eigenvalue weighted by Crippen LogP contribution is 2.24. The molecule has 1 rings (SSSR count). The van der Waals surface area contributed by atoms with Crippen molar-refractivity contribution < 1.29 is 9.53 Å². The molecule has 1 aromatic rings. The number of carbonyl (C=O) groups excluding carboxylic acids is 1. The molecule has 1 aromatic carbocycles. The van der Waals surface area contributed by atoms with Gasteiger partial charge in [0.15, 0.2) is 6.10 Å². The summed E-state index contributed by atoms with van der Waals surface area (Å²) < 4.78 is 5.66. The molecule has 19 heavy (non-hydrogen) atoms. The zero-order valence-corrected chi connectivity index (χ0v) is 12.4. The Labute approximate surface area is 119 Å². The van der Waals surface area contributed by atoms with Gasteiger partial charge >= 0.3 is 0 Å². The van der Waals surface area contributed by atoms with Gasteiger partial charge in [0.1, 0.15) is 5.75 Å². The molecule has 0 saturated heterocycles. The van der Waals surface area contributed by atoms with E-state index in [1.165, 1.54) is 0 Å². The molecule has 1 N–H and O–H groups in total. The lowest BCUT2D eigenvalue weighted by Crippen LogP contribution is -2.40. The maximum atomic E-state index is 12.0. The van der Waals surface area contributed by atoms with Gasteiger partial charge in [-0.3, -0.25) is 4.79 Å². The van der Waals surface area contributed by atoms with Crippen LogP contribution in [0.3, 0.4) is 0 Å². The van der Waals surface area contributed by atoms with Crippen molar-refractivity contribution in [2.45, 2.75) is 19.4 Å². The van der Waals surface area contributed by atoms with Crippen molar-refractivity contribution in [2.24, 2.45) is 0 Å². The number of para-hydroxylation sites is 1. The monoisotopic (exact) mass is 284 g/mol. The highest BCUT2D eigenvalue weighted by Gasteiger charge is 2.18. The van der Waals surface area contributed by atoms with E-state index < -0.39 is 6.10 Å². The zero-order chi connectivity index (χ0) is 14.3. The number of carbonyl (C=O) groups is 1. The van der Waals surface area contributed by atoms with Gasteiger partial charge in [0, 0.05) is 13.1 Å². The molecule has 0 unspecified atom stereocenters. The molecule has 0 aliphatic heterocycles. The number of halogens is 1. The van der Waals surface area contributed by atoms with Gasteiger partial charge < -0.3 is 15.0 Å². The van der Waals surface area contributed by atoms with Crippen LogP contribution in [0.15, 0.2) is 24.3 Å². The van der Waals surface area contributed by atoms with Crippen LogP contribution in [0, 0.1) is 0 Å². The first-order valence-corrected chi connectivity index (χ1v) is 6.76. The van der Waals surface area contributed by atoms with E-state index in [4.69, 9.17) is 16.3 Å².